The number of nitrogens with one attached hydrogen (secondary N) is 1. The van der Waals surface area contributed by atoms with Crippen molar-refractivity contribution in [1.82, 2.24) is 10.2 Å². The summed E-state index contributed by atoms with van der Waals surface area (Å²) in [6, 6.07) is 0. The molecule has 2 heterocycles. The van der Waals surface area contributed by atoms with Crippen molar-refractivity contribution in [3.63, 3.8) is 0 Å². The van der Waals surface area contributed by atoms with Crippen molar-refractivity contribution in [1.29, 1.82) is 0 Å². The Hall–Kier alpha value is -0.120. The zero-order valence-electron chi connectivity index (χ0n) is 9.17. The van der Waals surface area contributed by atoms with Crippen LogP contribution in [0.1, 0.15) is 19.3 Å². The molecule has 2 aliphatic rings. The van der Waals surface area contributed by atoms with Gasteiger partial charge in [-0.3, -0.25) is 0 Å². The molecule has 2 rings (SSSR count). The second kappa shape index (κ2) is 5.10. The van der Waals surface area contributed by atoms with E-state index in [2.05, 4.69) is 10.2 Å². The van der Waals surface area contributed by atoms with Crippen molar-refractivity contribution in [2.24, 2.45) is 5.92 Å². The Labute approximate surface area is 86.8 Å². The van der Waals surface area contributed by atoms with Crippen LogP contribution in [0.15, 0.2) is 0 Å². The number of nitrogens with zero attached hydrogens (tertiary/aromatic N) is 1. The van der Waals surface area contributed by atoms with E-state index in [-0.39, 0.29) is 0 Å². The van der Waals surface area contributed by atoms with E-state index in [1.54, 1.807) is 0 Å². The van der Waals surface area contributed by atoms with Crippen molar-refractivity contribution >= 4 is 0 Å². The molecule has 3 heteroatoms. The maximum absolute atomic E-state index is 5.48. The molecule has 0 aromatic heterocycles. The van der Waals surface area contributed by atoms with E-state index < -0.39 is 0 Å². The Morgan fingerprint density at radius 2 is 2.00 bits per heavy atom. The van der Waals surface area contributed by atoms with Gasteiger partial charge in [0.05, 0.1) is 6.10 Å². The van der Waals surface area contributed by atoms with Gasteiger partial charge in [0, 0.05) is 32.7 Å². The highest BCUT2D eigenvalue weighted by molar-refractivity contribution is 4.84. The molecule has 0 amide bonds. The van der Waals surface area contributed by atoms with Crippen LogP contribution in [0.25, 0.3) is 0 Å². The molecule has 0 aromatic carbocycles. The molecule has 2 saturated heterocycles. The number of rotatable bonds is 3. The fraction of sp³-hybridized carbons (Fsp3) is 1.00. The lowest BCUT2D eigenvalue weighted by Gasteiger charge is -2.30. The van der Waals surface area contributed by atoms with Gasteiger partial charge in [0.2, 0.25) is 0 Å². The average molecular weight is 198 g/mol. The molecule has 0 radical (unpaired) electrons. The standard InChI is InChI=1S/C11H22N2O/c1-14-11-8-12-7-10(11)9-13-5-3-2-4-6-13/h10-12H,2-9H2,1H3. The maximum atomic E-state index is 5.48. The molecule has 0 aromatic rings. The summed E-state index contributed by atoms with van der Waals surface area (Å²) in [5, 5.41) is 3.41. The number of likely N-dealkylation sites (tertiary alicyclic amines) is 1. The Morgan fingerprint density at radius 3 is 2.71 bits per heavy atom. The Bertz CT molecular complexity index is 169. The summed E-state index contributed by atoms with van der Waals surface area (Å²) in [5.74, 6) is 0.707. The zero-order valence-corrected chi connectivity index (χ0v) is 9.17. The van der Waals surface area contributed by atoms with E-state index in [0.717, 1.165) is 13.1 Å². The van der Waals surface area contributed by atoms with Crippen LogP contribution in [0.4, 0.5) is 0 Å². The van der Waals surface area contributed by atoms with Crippen molar-refractivity contribution in [2.75, 3.05) is 39.8 Å². The molecule has 2 aliphatic heterocycles. The molecule has 2 atom stereocenters. The smallest absolute Gasteiger partial charge is 0.0748 e. The van der Waals surface area contributed by atoms with Gasteiger partial charge in [0.25, 0.3) is 0 Å². The number of ether oxygens (including phenoxy) is 1. The minimum atomic E-state index is 0.442. The summed E-state index contributed by atoms with van der Waals surface area (Å²) in [5.41, 5.74) is 0. The van der Waals surface area contributed by atoms with Crippen LogP contribution < -0.4 is 5.32 Å². The minimum Gasteiger partial charge on any atom is -0.380 e. The molecule has 2 unspecified atom stereocenters. The monoisotopic (exact) mass is 198 g/mol. The zero-order chi connectivity index (χ0) is 9.80. The van der Waals surface area contributed by atoms with Gasteiger partial charge in [-0.15, -0.1) is 0 Å². The summed E-state index contributed by atoms with van der Waals surface area (Å²) in [4.78, 5) is 2.60. The summed E-state index contributed by atoms with van der Waals surface area (Å²) in [7, 11) is 1.83. The van der Waals surface area contributed by atoms with E-state index in [9.17, 15) is 0 Å². The SMILES string of the molecule is COC1CNCC1CN1CCCCC1. The van der Waals surface area contributed by atoms with Crippen molar-refractivity contribution < 1.29 is 4.74 Å². The molecule has 0 bridgehead atoms. The van der Waals surface area contributed by atoms with Crippen LogP contribution in [0.3, 0.4) is 0 Å². The van der Waals surface area contributed by atoms with E-state index in [0.29, 0.717) is 12.0 Å². The normalized spacial score (nSPS) is 34.9. The molecule has 0 saturated carbocycles. The molecular weight excluding hydrogens is 176 g/mol. The first-order valence-electron chi connectivity index (χ1n) is 5.86. The highest BCUT2D eigenvalue weighted by Gasteiger charge is 2.28. The van der Waals surface area contributed by atoms with E-state index in [1.165, 1.54) is 38.9 Å². The summed E-state index contributed by atoms with van der Waals surface area (Å²) in [6.07, 6.45) is 4.64. The van der Waals surface area contributed by atoms with Gasteiger partial charge in [-0.25, -0.2) is 0 Å². The van der Waals surface area contributed by atoms with Gasteiger partial charge >= 0.3 is 0 Å². The highest BCUT2D eigenvalue weighted by atomic mass is 16.5. The first-order chi connectivity index (χ1) is 6.90. The highest BCUT2D eigenvalue weighted by Crippen LogP contribution is 2.16. The molecule has 14 heavy (non-hydrogen) atoms. The van der Waals surface area contributed by atoms with Crippen LogP contribution in [0.2, 0.25) is 0 Å². The van der Waals surface area contributed by atoms with Gasteiger partial charge in [-0.05, 0) is 25.9 Å². The number of hydrogen-bond acceptors (Lipinski definition) is 3. The average Bonchev–Trinajstić information content (AvgIpc) is 2.67. The lowest BCUT2D eigenvalue weighted by Crippen LogP contribution is -2.38. The lowest BCUT2D eigenvalue weighted by molar-refractivity contribution is 0.0620. The van der Waals surface area contributed by atoms with Crippen LogP contribution >= 0.6 is 0 Å². The first kappa shape index (κ1) is 10.4. The minimum absolute atomic E-state index is 0.442. The van der Waals surface area contributed by atoms with Gasteiger partial charge in [0.1, 0.15) is 0 Å². The number of methoxy groups -OCH3 is 1. The Kier molecular flexibility index (Phi) is 3.79. The first-order valence-corrected chi connectivity index (χ1v) is 5.86. The quantitative estimate of drug-likeness (QED) is 0.723. The fourth-order valence-electron chi connectivity index (χ4n) is 2.64. The van der Waals surface area contributed by atoms with Gasteiger partial charge in [-0.1, -0.05) is 6.42 Å². The van der Waals surface area contributed by atoms with Crippen molar-refractivity contribution in [2.45, 2.75) is 25.4 Å². The van der Waals surface area contributed by atoms with Crippen molar-refractivity contribution in [3.05, 3.63) is 0 Å². The topological polar surface area (TPSA) is 24.5 Å². The largest absolute Gasteiger partial charge is 0.380 e. The van der Waals surface area contributed by atoms with Crippen LogP contribution in [0, 0.1) is 5.92 Å². The van der Waals surface area contributed by atoms with Crippen molar-refractivity contribution in [3.8, 4) is 0 Å². The molecule has 82 valence electrons. The van der Waals surface area contributed by atoms with Crippen LogP contribution in [-0.4, -0.2) is 50.8 Å². The number of piperidine rings is 1. The summed E-state index contributed by atoms with van der Waals surface area (Å²) >= 11 is 0. The predicted molar refractivity (Wildman–Crippen MR) is 57.4 cm³/mol. The third kappa shape index (κ3) is 2.47. The fourth-order valence-corrected chi connectivity index (χ4v) is 2.64. The maximum Gasteiger partial charge on any atom is 0.0748 e. The molecule has 1 N–H and O–H groups in total. The third-order valence-electron chi connectivity index (χ3n) is 3.52. The van der Waals surface area contributed by atoms with Crippen LogP contribution in [-0.2, 0) is 4.74 Å². The Morgan fingerprint density at radius 1 is 1.21 bits per heavy atom. The van der Waals surface area contributed by atoms with Gasteiger partial charge in [0.15, 0.2) is 0 Å². The third-order valence-corrected chi connectivity index (χ3v) is 3.52. The van der Waals surface area contributed by atoms with Gasteiger partial charge in [-0.2, -0.15) is 0 Å². The lowest BCUT2D eigenvalue weighted by atomic mass is 10.0. The second-order valence-corrected chi connectivity index (χ2v) is 4.55. The summed E-state index contributed by atoms with van der Waals surface area (Å²) < 4.78 is 5.48. The Balaban J connectivity index is 1.77. The van der Waals surface area contributed by atoms with E-state index >= 15 is 0 Å². The molecule has 3 nitrogen and oxygen atoms in total. The predicted octanol–water partition coefficient (Wildman–Crippen LogP) is 0.707. The van der Waals surface area contributed by atoms with E-state index in [1.807, 2.05) is 7.11 Å². The van der Waals surface area contributed by atoms with E-state index in [4.69, 9.17) is 4.74 Å². The second-order valence-electron chi connectivity index (χ2n) is 4.55. The van der Waals surface area contributed by atoms with Gasteiger partial charge < -0.3 is 15.0 Å². The molecule has 0 aliphatic carbocycles. The molecular formula is C11H22N2O. The van der Waals surface area contributed by atoms with Crippen LogP contribution in [0.5, 0.6) is 0 Å². The number of hydrogen-bond donors (Lipinski definition) is 1. The molecule has 2 fully saturated rings. The molecule has 0 spiro atoms. The summed E-state index contributed by atoms with van der Waals surface area (Å²) in [6.45, 7) is 6.00.